The van der Waals surface area contributed by atoms with Crippen LogP contribution in [0.3, 0.4) is 0 Å². The molecule has 0 bridgehead atoms. The van der Waals surface area contributed by atoms with Gasteiger partial charge in [0.2, 0.25) is 0 Å². The van der Waals surface area contributed by atoms with E-state index in [0.29, 0.717) is 12.6 Å². The molecule has 2 atom stereocenters. The molecule has 106 valence electrons. The summed E-state index contributed by atoms with van der Waals surface area (Å²) in [5.41, 5.74) is 6.45. The minimum absolute atomic E-state index is 0.218. The second kappa shape index (κ2) is 6.87. The Morgan fingerprint density at radius 1 is 1.32 bits per heavy atom. The lowest BCUT2D eigenvalue weighted by Gasteiger charge is -2.14. The molecule has 1 aromatic carbocycles. The summed E-state index contributed by atoms with van der Waals surface area (Å²) in [6.07, 6.45) is 5.35. The second-order valence-corrected chi connectivity index (χ2v) is 5.03. The molecule has 4 heteroatoms. The van der Waals surface area contributed by atoms with E-state index < -0.39 is 0 Å². The van der Waals surface area contributed by atoms with Crippen LogP contribution in [0.2, 0.25) is 0 Å². The van der Waals surface area contributed by atoms with E-state index in [-0.39, 0.29) is 11.9 Å². The fourth-order valence-electron chi connectivity index (χ4n) is 2.65. The Kier molecular flexibility index (Phi) is 5.16. The van der Waals surface area contributed by atoms with Gasteiger partial charge in [-0.1, -0.05) is 0 Å². The Balaban J connectivity index is 1.87. The highest BCUT2D eigenvalue weighted by Crippen LogP contribution is 2.27. The molecule has 0 aromatic heterocycles. The molecule has 2 unspecified atom stereocenters. The van der Waals surface area contributed by atoms with E-state index in [0.717, 1.165) is 43.4 Å². The summed E-state index contributed by atoms with van der Waals surface area (Å²) in [7, 11) is 1.61. The Bertz CT molecular complexity index is 411. The average molecular weight is 267 g/mol. The van der Waals surface area contributed by atoms with Gasteiger partial charge in [0.15, 0.2) is 0 Å². The van der Waals surface area contributed by atoms with Crippen LogP contribution in [0.4, 0.5) is 4.39 Å². The van der Waals surface area contributed by atoms with E-state index in [1.54, 1.807) is 19.2 Å². The number of hydrogen-bond donors (Lipinski definition) is 1. The summed E-state index contributed by atoms with van der Waals surface area (Å²) in [5.74, 6) is 0.530. The zero-order valence-corrected chi connectivity index (χ0v) is 11.4. The quantitative estimate of drug-likeness (QED) is 0.861. The Morgan fingerprint density at radius 2 is 2.05 bits per heavy atom. The molecule has 1 heterocycles. The molecule has 2 N–H and O–H groups in total. The predicted octanol–water partition coefficient (Wildman–Crippen LogP) is 2.66. The average Bonchev–Trinajstić information content (AvgIpc) is 2.85. The number of nitrogens with two attached hydrogens (primary N) is 1. The molecular formula is C15H22FNO2. The van der Waals surface area contributed by atoms with Crippen LogP contribution in [-0.4, -0.2) is 25.9 Å². The van der Waals surface area contributed by atoms with Crippen molar-refractivity contribution >= 4 is 0 Å². The second-order valence-electron chi connectivity index (χ2n) is 5.03. The minimum Gasteiger partial charge on any atom is -0.496 e. The van der Waals surface area contributed by atoms with Crippen LogP contribution in [-0.2, 0) is 11.2 Å². The molecule has 0 aliphatic carbocycles. The molecule has 0 radical (unpaired) electrons. The van der Waals surface area contributed by atoms with Crippen molar-refractivity contribution in [3.8, 4) is 5.75 Å². The third-order valence-corrected chi connectivity index (χ3v) is 3.66. The molecule has 1 saturated heterocycles. The van der Waals surface area contributed by atoms with Gasteiger partial charge in [-0.05, 0) is 62.4 Å². The van der Waals surface area contributed by atoms with Gasteiger partial charge in [-0.25, -0.2) is 4.39 Å². The summed E-state index contributed by atoms with van der Waals surface area (Å²) in [6.45, 7) is 0.676. The minimum atomic E-state index is -0.218. The first-order valence-corrected chi connectivity index (χ1v) is 6.91. The summed E-state index contributed by atoms with van der Waals surface area (Å²) >= 11 is 0. The monoisotopic (exact) mass is 267 g/mol. The van der Waals surface area contributed by atoms with Gasteiger partial charge in [0, 0.05) is 0 Å². The number of rotatable bonds is 6. The molecule has 0 spiro atoms. The first-order chi connectivity index (χ1) is 9.22. The smallest absolute Gasteiger partial charge is 0.123 e. The lowest BCUT2D eigenvalue weighted by molar-refractivity contribution is 0.0377. The van der Waals surface area contributed by atoms with Crippen LogP contribution < -0.4 is 10.5 Å². The van der Waals surface area contributed by atoms with E-state index in [1.807, 2.05) is 0 Å². The summed E-state index contributed by atoms with van der Waals surface area (Å²) in [6, 6.07) is 4.65. The van der Waals surface area contributed by atoms with Crippen LogP contribution in [0.5, 0.6) is 5.75 Å². The zero-order valence-electron chi connectivity index (χ0n) is 11.4. The number of hydrogen-bond acceptors (Lipinski definition) is 3. The molecule has 1 fully saturated rings. The first-order valence-electron chi connectivity index (χ1n) is 6.91. The van der Waals surface area contributed by atoms with E-state index in [9.17, 15) is 4.39 Å². The molecule has 3 nitrogen and oxygen atoms in total. The normalized spacial score (nSPS) is 22.7. The van der Waals surface area contributed by atoms with Gasteiger partial charge in [-0.2, -0.15) is 0 Å². The molecular weight excluding hydrogens is 245 g/mol. The third kappa shape index (κ3) is 3.91. The fourth-order valence-corrected chi connectivity index (χ4v) is 2.65. The maximum absolute atomic E-state index is 13.2. The Labute approximate surface area is 113 Å². The van der Waals surface area contributed by atoms with E-state index in [1.165, 1.54) is 6.07 Å². The highest BCUT2D eigenvalue weighted by atomic mass is 19.1. The van der Waals surface area contributed by atoms with Crippen LogP contribution in [0.15, 0.2) is 18.2 Å². The predicted molar refractivity (Wildman–Crippen MR) is 72.8 cm³/mol. The maximum atomic E-state index is 13.2. The third-order valence-electron chi connectivity index (χ3n) is 3.66. The van der Waals surface area contributed by atoms with Gasteiger partial charge < -0.3 is 15.2 Å². The van der Waals surface area contributed by atoms with Crippen molar-refractivity contribution in [2.45, 2.75) is 44.3 Å². The fraction of sp³-hybridized carbons (Fsp3) is 0.600. The van der Waals surface area contributed by atoms with Gasteiger partial charge >= 0.3 is 0 Å². The highest BCUT2D eigenvalue weighted by Gasteiger charge is 2.24. The molecule has 1 aromatic rings. The van der Waals surface area contributed by atoms with E-state index in [2.05, 4.69) is 0 Å². The number of halogens is 1. The lowest BCUT2D eigenvalue weighted by Crippen LogP contribution is -2.15. The van der Waals surface area contributed by atoms with Gasteiger partial charge in [0.05, 0.1) is 19.3 Å². The van der Waals surface area contributed by atoms with Gasteiger partial charge in [-0.3, -0.25) is 0 Å². The number of methoxy groups -OCH3 is 1. The van der Waals surface area contributed by atoms with Crippen LogP contribution in [0, 0.1) is 5.82 Å². The summed E-state index contributed by atoms with van der Waals surface area (Å²) in [5, 5.41) is 0. The molecule has 1 aliphatic rings. The van der Waals surface area contributed by atoms with Crippen molar-refractivity contribution in [1.29, 1.82) is 0 Å². The van der Waals surface area contributed by atoms with Gasteiger partial charge in [0.1, 0.15) is 11.6 Å². The standard InChI is InChI=1S/C15H22FNO2/c1-18-15-7-3-12(16)10-11(15)2-4-13-5-6-14(19-13)8-9-17/h3,7,10,13-14H,2,4-6,8-9,17H2,1H3. The zero-order chi connectivity index (χ0) is 13.7. The van der Waals surface area contributed by atoms with Crippen molar-refractivity contribution in [2.75, 3.05) is 13.7 Å². The Hall–Kier alpha value is -1.13. The van der Waals surface area contributed by atoms with Crippen molar-refractivity contribution < 1.29 is 13.9 Å². The van der Waals surface area contributed by atoms with Crippen LogP contribution in [0.25, 0.3) is 0 Å². The van der Waals surface area contributed by atoms with Crippen LogP contribution in [0.1, 0.15) is 31.2 Å². The maximum Gasteiger partial charge on any atom is 0.123 e. The molecule has 0 saturated carbocycles. The van der Waals surface area contributed by atoms with Crippen molar-refractivity contribution in [3.05, 3.63) is 29.6 Å². The van der Waals surface area contributed by atoms with Crippen molar-refractivity contribution in [3.63, 3.8) is 0 Å². The topological polar surface area (TPSA) is 44.5 Å². The largest absolute Gasteiger partial charge is 0.496 e. The molecule has 1 aliphatic heterocycles. The summed E-state index contributed by atoms with van der Waals surface area (Å²) < 4.78 is 24.4. The first kappa shape index (κ1) is 14.3. The highest BCUT2D eigenvalue weighted by molar-refractivity contribution is 5.34. The lowest BCUT2D eigenvalue weighted by atomic mass is 10.0. The number of benzene rings is 1. The SMILES string of the molecule is COc1ccc(F)cc1CCC1CCC(CCN)O1. The number of ether oxygens (including phenoxy) is 2. The van der Waals surface area contributed by atoms with Gasteiger partial charge in [0.25, 0.3) is 0 Å². The summed E-state index contributed by atoms with van der Waals surface area (Å²) in [4.78, 5) is 0. The molecule has 2 rings (SSSR count). The number of aryl methyl sites for hydroxylation is 1. The van der Waals surface area contributed by atoms with E-state index in [4.69, 9.17) is 15.2 Å². The molecule has 0 amide bonds. The Morgan fingerprint density at radius 3 is 2.74 bits per heavy atom. The van der Waals surface area contributed by atoms with Crippen molar-refractivity contribution in [2.24, 2.45) is 5.73 Å². The van der Waals surface area contributed by atoms with Gasteiger partial charge in [-0.15, -0.1) is 0 Å². The van der Waals surface area contributed by atoms with E-state index >= 15 is 0 Å². The molecule has 19 heavy (non-hydrogen) atoms. The van der Waals surface area contributed by atoms with Crippen molar-refractivity contribution in [1.82, 2.24) is 0 Å². The van der Waals surface area contributed by atoms with Crippen LogP contribution >= 0.6 is 0 Å².